The molecule has 0 fully saturated rings. The lowest BCUT2D eigenvalue weighted by molar-refractivity contribution is 0.457. The van der Waals surface area contributed by atoms with Gasteiger partial charge >= 0.3 is 0 Å². The number of phenols is 1. The van der Waals surface area contributed by atoms with Gasteiger partial charge in [-0.05, 0) is 36.8 Å². The Balaban J connectivity index is 2.27. The zero-order chi connectivity index (χ0) is 14.8. The van der Waals surface area contributed by atoms with E-state index in [1.54, 1.807) is 13.0 Å². The van der Waals surface area contributed by atoms with E-state index < -0.39 is 21.9 Å². The summed E-state index contributed by atoms with van der Waals surface area (Å²) < 4.78 is 39.8. The molecule has 0 aliphatic heterocycles. The molecule has 4 nitrogen and oxygen atoms in total. The largest absolute Gasteiger partial charge is 0.507 e. The number of aromatic hydroxyl groups is 1. The lowest BCUT2D eigenvalue weighted by Gasteiger charge is -2.15. The fourth-order valence-corrected chi connectivity index (χ4v) is 3.15. The van der Waals surface area contributed by atoms with Gasteiger partial charge < -0.3 is 5.11 Å². The van der Waals surface area contributed by atoms with Gasteiger partial charge in [0.2, 0.25) is 10.0 Å². The topological polar surface area (TPSA) is 66.4 Å². The minimum Gasteiger partial charge on any atom is -0.507 e. The average molecular weight is 295 g/mol. The third-order valence-electron chi connectivity index (χ3n) is 2.84. The molecule has 0 aromatic heterocycles. The monoisotopic (exact) mass is 295 g/mol. The highest BCUT2D eigenvalue weighted by Crippen LogP contribution is 2.23. The van der Waals surface area contributed by atoms with Gasteiger partial charge in [0.25, 0.3) is 0 Å². The normalized spacial score (nSPS) is 13.1. The van der Waals surface area contributed by atoms with Crippen molar-refractivity contribution in [2.45, 2.75) is 17.9 Å². The maximum absolute atomic E-state index is 13.1. The van der Waals surface area contributed by atoms with E-state index >= 15 is 0 Å². The Kier molecular flexibility index (Phi) is 4.06. The van der Waals surface area contributed by atoms with E-state index in [1.165, 1.54) is 42.5 Å². The molecule has 0 amide bonds. The second-order valence-corrected chi connectivity index (χ2v) is 6.05. The molecule has 0 spiro atoms. The molecule has 0 heterocycles. The van der Waals surface area contributed by atoms with Crippen LogP contribution in [-0.2, 0) is 10.0 Å². The number of sulfonamides is 1. The first-order valence-corrected chi connectivity index (χ1v) is 7.44. The molecule has 2 aromatic rings. The first kappa shape index (κ1) is 14.5. The van der Waals surface area contributed by atoms with Gasteiger partial charge in [0.1, 0.15) is 16.5 Å². The highest BCUT2D eigenvalue weighted by Gasteiger charge is 2.21. The van der Waals surface area contributed by atoms with Crippen LogP contribution in [-0.4, -0.2) is 13.5 Å². The Bertz CT molecular complexity index is 716. The van der Waals surface area contributed by atoms with Crippen LogP contribution in [0, 0.1) is 5.82 Å². The van der Waals surface area contributed by atoms with E-state index in [2.05, 4.69) is 4.72 Å². The maximum atomic E-state index is 13.1. The molecule has 0 aliphatic rings. The minimum atomic E-state index is -3.87. The molecular formula is C14H14FNO3S. The summed E-state index contributed by atoms with van der Waals surface area (Å²) in [4.78, 5) is -0.205. The van der Waals surface area contributed by atoms with Crippen molar-refractivity contribution in [1.29, 1.82) is 0 Å². The first-order chi connectivity index (χ1) is 9.40. The zero-order valence-electron chi connectivity index (χ0n) is 10.7. The Morgan fingerprint density at radius 1 is 1.15 bits per heavy atom. The van der Waals surface area contributed by atoms with Crippen LogP contribution in [0.2, 0.25) is 0 Å². The molecular weight excluding hydrogens is 281 g/mol. The number of benzene rings is 2. The predicted molar refractivity (Wildman–Crippen MR) is 73.2 cm³/mol. The maximum Gasteiger partial charge on any atom is 0.244 e. The molecule has 2 N–H and O–H groups in total. The summed E-state index contributed by atoms with van der Waals surface area (Å²) in [6, 6.07) is 10.7. The number of hydrogen-bond acceptors (Lipinski definition) is 3. The number of halogens is 1. The second kappa shape index (κ2) is 5.60. The molecule has 0 aliphatic carbocycles. The van der Waals surface area contributed by atoms with E-state index in [0.717, 1.165) is 0 Å². The van der Waals surface area contributed by atoms with Crippen LogP contribution in [0.5, 0.6) is 5.75 Å². The van der Waals surface area contributed by atoms with Crippen LogP contribution in [0.15, 0.2) is 53.4 Å². The number of rotatable bonds is 4. The molecule has 20 heavy (non-hydrogen) atoms. The third kappa shape index (κ3) is 3.15. The number of hydrogen-bond donors (Lipinski definition) is 2. The Labute approximate surface area is 116 Å². The van der Waals surface area contributed by atoms with Crippen molar-refractivity contribution in [3.63, 3.8) is 0 Å². The van der Waals surface area contributed by atoms with Crippen molar-refractivity contribution < 1.29 is 17.9 Å². The van der Waals surface area contributed by atoms with Gasteiger partial charge in [-0.25, -0.2) is 17.5 Å². The Hall–Kier alpha value is -1.92. The molecule has 1 unspecified atom stereocenters. The molecule has 0 radical (unpaired) electrons. The summed E-state index contributed by atoms with van der Waals surface area (Å²) in [5, 5.41) is 9.59. The van der Waals surface area contributed by atoms with Crippen molar-refractivity contribution in [2.75, 3.05) is 0 Å². The van der Waals surface area contributed by atoms with Crippen molar-refractivity contribution >= 4 is 10.0 Å². The molecule has 2 rings (SSSR count). The van der Waals surface area contributed by atoms with Gasteiger partial charge in [0.05, 0.1) is 0 Å². The van der Waals surface area contributed by atoms with Gasteiger partial charge in [0, 0.05) is 6.04 Å². The van der Waals surface area contributed by atoms with Crippen LogP contribution in [0.25, 0.3) is 0 Å². The summed E-state index contributed by atoms with van der Waals surface area (Å²) in [6.07, 6.45) is 0. The summed E-state index contributed by atoms with van der Waals surface area (Å²) in [5.74, 6) is -0.762. The first-order valence-electron chi connectivity index (χ1n) is 5.96. The van der Waals surface area contributed by atoms with E-state index in [0.29, 0.717) is 5.56 Å². The quantitative estimate of drug-likeness (QED) is 0.911. The van der Waals surface area contributed by atoms with Crippen molar-refractivity contribution in [3.05, 3.63) is 59.9 Å². The molecule has 2 aromatic carbocycles. The molecule has 6 heteroatoms. The molecule has 0 saturated heterocycles. The average Bonchev–Trinajstić information content (AvgIpc) is 2.38. The summed E-state index contributed by atoms with van der Waals surface area (Å²) in [6.45, 7) is 1.60. The van der Waals surface area contributed by atoms with Gasteiger partial charge in [-0.1, -0.05) is 24.3 Å². The van der Waals surface area contributed by atoms with Crippen LogP contribution in [0.4, 0.5) is 4.39 Å². The van der Waals surface area contributed by atoms with E-state index in [9.17, 15) is 17.9 Å². The van der Waals surface area contributed by atoms with Crippen molar-refractivity contribution in [1.82, 2.24) is 4.72 Å². The standard InChI is InChI=1S/C14H14FNO3S/c1-10(11-5-4-6-12(15)9-11)16-20(18,19)14-8-3-2-7-13(14)17/h2-10,16-17H,1H3. The van der Waals surface area contributed by atoms with Gasteiger partial charge in [-0.2, -0.15) is 0 Å². The summed E-state index contributed by atoms with van der Waals surface area (Å²) in [7, 11) is -3.87. The number of para-hydroxylation sites is 1. The minimum absolute atomic E-state index is 0.205. The molecule has 0 bridgehead atoms. The second-order valence-electron chi connectivity index (χ2n) is 4.37. The lowest BCUT2D eigenvalue weighted by Crippen LogP contribution is -2.27. The number of phenolic OH excluding ortho intramolecular Hbond substituents is 1. The van der Waals surface area contributed by atoms with Gasteiger partial charge in [0.15, 0.2) is 0 Å². The Morgan fingerprint density at radius 2 is 1.85 bits per heavy atom. The zero-order valence-corrected chi connectivity index (χ0v) is 11.6. The van der Waals surface area contributed by atoms with Gasteiger partial charge in [-0.15, -0.1) is 0 Å². The van der Waals surface area contributed by atoms with Crippen molar-refractivity contribution in [3.8, 4) is 5.75 Å². The van der Waals surface area contributed by atoms with E-state index in [-0.39, 0.29) is 10.6 Å². The summed E-state index contributed by atoms with van der Waals surface area (Å²) >= 11 is 0. The smallest absolute Gasteiger partial charge is 0.244 e. The Morgan fingerprint density at radius 3 is 2.50 bits per heavy atom. The lowest BCUT2D eigenvalue weighted by atomic mass is 10.1. The highest BCUT2D eigenvalue weighted by atomic mass is 32.2. The van der Waals surface area contributed by atoms with E-state index in [1.807, 2.05) is 0 Å². The SMILES string of the molecule is CC(NS(=O)(=O)c1ccccc1O)c1cccc(F)c1. The predicted octanol–water partition coefficient (Wildman–Crippen LogP) is 2.57. The van der Waals surface area contributed by atoms with Crippen LogP contribution in [0.1, 0.15) is 18.5 Å². The number of nitrogens with one attached hydrogen (secondary N) is 1. The highest BCUT2D eigenvalue weighted by molar-refractivity contribution is 7.89. The molecule has 0 saturated carbocycles. The van der Waals surface area contributed by atoms with Crippen LogP contribution in [0.3, 0.4) is 0 Å². The molecule has 1 atom stereocenters. The van der Waals surface area contributed by atoms with Crippen LogP contribution >= 0.6 is 0 Å². The third-order valence-corrected chi connectivity index (χ3v) is 4.42. The van der Waals surface area contributed by atoms with Crippen molar-refractivity contribution in [2.24, 2.45) is 0 Å². The summed E-state index contributed by atoms with van der Waals surface area (Å²) in [5.41, 5.74) is 0.504. The van der Waals surface area contributed by atoms with Crippen LogP contribution < -0.4 is 4.72 Å². The fraction of sp³-hybridized carbons (Fsp3) is 0.143. The van der Waals surface area contributed by atoms with Gasteiger partial charge in [-0.3, -0.25) is 0 Å². The van der Waals surface area contributed by atoms with E-state index in [4.69, 9.17) is 0 Å². The molecule has 106 valence electrons. The fourth-order valence-electron chi connectivity index (χ4n) is 1.82.